The number of hydrogen-bond acceptors (Lipinski definition) is 8. The molecule has 0 saturated heterocycles. The van der Waals surface area contributed by atoms with Crippen LogP contribution >= 0.6 is 11.3 Å². The second-order valence-electron chi connectivity index (χ2n) is 9.40. The maximum atomic E-state index is 13.6. The van der Waals surface area contributed by atoms with E-state index in [2.05, 4.69) is 15.6 Å². The molecule has 1 atom stereocenters. The Labute approximate surface area is 234 Å². The van der Waals surface area contributed by atoms with Gasteiger partial charge in [-0.15, -0.1) is 11.3 Å². The van der Waals surface area contributed by atoms with Crippen LogP contribution in [0, 0.1) is 0 Å². The molecular formula is C27H25N5O6S2. The highest BCUT2D eigenvalue weighted by Gasteiger charge is 2.36. The number of thiophene rings is 1. The number of benzene rings is 2. The molecule has 40 heavy (non-hydrogen) atoms. The predicted molar refractivity (Wildman–Crippen MR) is 147 cm³/mol. The number of hydrogen-bond donors (Lipinski definition) is 2. The van der Waals surface area contributed by atoms with Gasteiger partial charge in [0, 0.05) is 54.2 Å². The zero-order valence-electron chi connectivity index (χ0n) is 21.6. The number of rotatable bonds is 3. The van der Waals surface area contributed by atoms with Gasteiger partial charge in [0.05, 0.1) is 18.0 Å². The lowest BCUT2D eigenvalue weighted by molar-refractivity contribution is -0.123. The minimum atomic E-state index is -3.58. The lowest BCUT2D eigenvalue weighted by Crippen LogP contribution is -2.42. The number of imidazole rings is 1. The van der Waals surface area contributed by atoms with Crippen molar-refractivity contribution in [3.8, 4) is 28.6 Å². The number of amides is 2. The van der Waals surface area contributed by atoms with Crippen molar-refractivity contribution in [2.45, 2.75) is 17.5 Å². The van der Waals surface area contributed by atoms with Gasteiger partial charge >= 0.3 is 0 Å². The smallest absolute Gasteiger partial charge is 0.258 e. The van der Waals surface area contributed by atoms with Crippen LogP contribution in [0.2, 0.25) is 0 Å². The summed E-state index contributed by atoms with van der Waals surface area (Å²) < 4.78 is 39.6. The highest BCUT2D eigenvalue weighted by atomic mass is 32.2. The molecule has 13 heteroatoms. The highest BCUT2D eigenvalue weighted by Crippen LogP contribution is 2.36. The standard InChI is InChI=1S/C27H25N5O6S2/c1-31-14-20(25-23(5-8-39-25)40(31,35)36)30-27(34)18-9-16-10-19(11-18)32-7-6-28-26(32)17-3-4-21(37-2)22(12-17)38-15-24(33)29-13-16/h3-12,20H,13-15H2,1-2H3,(H,29,33)(H,30,34). The number of sulfonamides is 1. The average Bonchev–Trinajstić information content (AvgIpc) is 3.64. The van der Waals surface area contributed by atoms with Crippen molar-refractivity contribution in [2.75, 3.05) is 27.3 Å². The van der Waals surface area contributed by atoms with Crippen molar-refractivity contribution in [3.63, 3.8) is 0 Å². The van der Waals surface area contributed by atoms with Gasteiger partial charge < -0.3 is 20.1 Å². The summed E-state index contributed by atoms with van der Waals surface area (Å²) in [6.45, 7) is 0.0623. The second kappa shape index (κ2) is 10.1. The van der Waals surface area contributed by atoms with Gasteiger partial charge in [-0.05, 0) is 53.4 Å². The van der Waals surface area contributed by atoms with Crippen LogP contribution in [-0.2, 0) is 21.4 Å². The molecule has 4 aromatic rings. The zero-order valence-corrected chi connectivity index (χ0v) is 23.2. The number of aromatic nitrogens is 2. The van der Waals surface area contributed by atoms with Crippen LogP contribution in [-0.4, -0.2) is 61.4 Å². The van der Waals surface area contributed by atoms with Gasteiger partial charge in [-0.25, -0.2) is 13.4 Å². The first-order valence-corrected chi connectivity index (χ1v) is 14.7. The lowest BCUT2D eigenvalue weighted by atomic mass is 10.1. The third-order valence-electron chi connectivity index (χ3n) is 6.84. The molecular weight excluding hydrogens is 554 g/mol. The van der Waals surface area contributed by atoms with Crippen molar-refractivity contribution < 1.29 is 27.5 Å². The Kier molecular flexibility index (Phi) is 6.56. The summed E-state index contributed by atoms with van der Waals surface area (Å²) in [4.78, 5) is 31.5. The molecule has 0 fully saturated rings. The Balaban J connectivity index is 1.40. The third kappa shape index (κ3) is 4.61. The number of carbonyl (C=O) groups is 2. The van der Waals surface area contributed by atoms with Crippen molar-refractivity contribution >= 4 is 33.2 Å². The lowest BCUT2D eigenvalue weighted by Gasteiger charge is -2.30. The first-order chi connectivity index (χ1) is 19.2. The van der Waals surface area contributed by atoms with Crippen LogP contribution in [0.5, 0.6) is 11.5 Å². The van der Waals surface area contributed by atoms with E-state index >= 15 is 0 Å². The number of carbonyl (C=O) groups excluding carboxylic acids is 2. The van der Waals surface area contributed by atoms with Crippen LogP contribution in [0.4, 0.5) is 0 Å². The number of methoxy groups -OCH3 is 1. The first kappa shape index (κ1) is 26.0. The quantitative estimate of drug-likeness (QED) is 0.382. The van der Waals surface area contributed by atoms with E-state index in [1.165, 1.54) is 29.8 Å². The molecule has 2 N–H and O–H groups in total. The van der Waals surface area contributed by atoms with E-state index in [0.29, 0.717) is 39.0 Å². The summed E-state index contributed by atoms with van der Waals surface area (Å²) in [6, 6.07) is 11.7. The largest absolute Gasteiger partial charge is 0.493 e. The van der Waals surface area contributed by atoms with Crippen LogP contribution in [0.15, 0.2) is 65.1 Å². The zero-order chi connectivity index (χ0) is 28.0. The summed E-state index contributed by atoms with van der Waals surface area (Å²) >= 11 is 1.30. The van der Waals surface area contributed by atoms with E-state index in [-0.39, 0.29) is 36.4 Å². The van der Waals surface area contributed by atoms with E-state index < -0.39 is 16.1 Å². The van der Waals surface area contributed by atoms with E-state index in [9.17, 15) is 18.0 Å². The number of nitrogens with one attached hydrogen (secondary N) is 2. The van der Waals surface area contributed by atoms with Gasteiger partial charge in [-0.2, -0.15) is 4.31 Å². The molecule has 2 aromatic carbocycles. The molecule has 4 heterocycles. The van der Waals surface area contributed by atoms with Gasteiger partial charge in [0.2, 0.25) is 10.0 Å². The van der Waals surface area contributed by atoms with Crippen LogP contribution in [0.25, 0.3) is 17.1 Å². The Morgan fingerprint density at radius 1 is 1.23 bits per heavy atom. The van der Waals surface area contributed by atoms with Crippen molar-refractivity contribution in [3.05, 3.63) is 76.2 Å². The number of fused-ring (bicyclic) bond motifs is 8. The monoisotopic (exact) mass is 579 g/mol. The van der Waals surface area contributed by atoms with Gasteiger partial charge in [0.15, 0.2) is 18.1 Å². The molecule has 0 radical (unpaired) electrons. The van der Waals surface area contributed by atoms with Crippen LogP contribution in [0.3, 0.4) is 0 Å². The summed E-state index contributed by atoms with van der Waals surface area (Å²) in [6.07, 6.45) is 3.45. The molecule has 0 spiro atoms. The Morgan fingerprint density at radius 3 is 2.90 bits per heavy atom. The predicted octanol–water partition coefficient (Wildman–Crippen LogP) is 2.72. The molecule has 4 bridgehead atoms. The molecule has 0 aliphatic carbocycles. The Morgan fingerprint density at radius 2 is 2.08 bits per heavy atom. The minimum absolute atomic E-state index is 0.121. The topological polar surface area (TPSA) is 132 Å². The molecule has 2 aliphatic heterocycles. The van der Waals surface area contributed by atoms with E-state index in [4.69, 9.17) is 9.47 Å². The highest BCUT2D eigenvalue weighted by molar-refractivity contribution is 7.89. The third-order valence-corrected chi connectivity index (χ3v) is 9.88. The minimum Gasteiger partial charge on any atom is -0.493 e. The molecule has 0 saturated carbocycles. The van der Waals surface area contributed by atoms with Gasteiger partial charge in [-0.1, -0.05) is 0 Å². The van der Waals surface area contributed by atoms with Gasteiger partial charge in [0.25, 0.3) is 11.8 Å². The molecule has 6 rings (SSSR count). The number of ether oxygens (including phenoxy) is 2. The Bertz CT molecular complexity index is 1750. The summed E-state index contributed by atoms with van der Waals surface area (Å²) in [5.41, 5.74) is 2.45. The van der Waals surface area contributed by atoms with Crippen molar-refractivity contribution in [1.29, 1.82) is 0 Å². The van der Waals surface area contributed by atoms with Gasteiger partial charge in [-0.3, -0.25) is 14.2 Å². The van der Waals surface area contributed by atoms with Crippen LogP contribution < -0.4 is 20.1 Å². The maximum absolute atomic E-state index is 13.6. The fraction of sp³-hybridized carbons (Fsp3) is 0.222. The molecule has 2 aliphatic rings. The molecule has 206 valence electrons. The number of nitrogens with zero attached hydrogens (tertiary/aromatic N) is 3. The molecule has 2 aromatic heterocycles. The molecule has 1 unspecified atom stereocenters. The Hall–Kier alpha value is -4.20. The van der Waals surface area contributed by atoms with Crippen molar-refractivity contribution in [2.24, 2.45) is 0 Å². The summed E-state index contributed by atoms with van der Waals surface area (Å²) in [5, 5.41) is 7.55. The second-order valence-corrected chi connectivity index (χ2v) is 12.4. The fourth-order valence-electron chi connectivity index (χ4n) is 4.83. The summed E-state index contributed by atoms with van der Waals surface area (Å²) in [7, 11) is -0.555. The van der Waals surface area contributed by atoms with E-state index in [1.54, 1.807) is 48.1 Å². The summed E-state index contributed by atoms with van der Waals surface area (Å²) in [5.74, 6) is 0.796. The molecule has 11 nitrogen and oxygen atoms in total. The SMILES string of the molecule is COc1ccc2cc1OCC(=O)NCc1cc(C(=O)NC3CN(C)S(=O)(=O)c4ccsc43)cc(c1)-n1ccnc1-2. The van der Waals surface area contributed by atoms with E-state index in [1.807, 2.05) is 16.7 Å². The average molecular weight is 580 g/mol. The molecule has 2 amide bonds. The van der Waals surface area contributed by atoms with Gasteiger partial charge in [0.1, 0.15) is 5.82 Å². The first-order valence-electron chi connectivity index (χ1n) is 12.3. The number of likely N-dealkylation sites (N-methyl/N-ethyl adjacent to an activating group) is 1. The van der Waals surface area contributed by atoms with Crippen molar-refractivity contribution in [1.82, 2.24) is 24.5 Å². The van der Waals surface area contributed by atoms with E-state index in [0.717, 1.165) is 5.56 Å². The normalized spacial score (nSPS) is 18.1. The van der Waals surface area contributed by atoms with Crippen LogP contribution in [0.1, 0.15) is 26.8 Å². The fourth-order valence-corrected chi connectivity index (χ4v) is 7.53. The maximum Gasteiger partial charge on any atom is 0.258 e.